The molecule has 0 aliphatic carbocycles. The smallest absolute Gasteiger partial charge is 0.0840 e. The molecule has 2 aromatic rings. The molecule has 0 spiro atoms. The van der Waals surface area contributed by atoms with Crippen molar-refractivity contribution < 1.29 is 0 Å². The van der Waals surface area contributed by atoms with Gasteiger partial charge in [0.2, 0.25) is 0 Å². The number of hydrogen-bond acceptors (Lipinski definition) is 2. The highest BCUT2D eigenvalue weighted by atomic mass is 33.1. The maximum Gasteiger partial charge on any atom is 0.0840 e. The van der Waals surface area contributed by atoms with Crippen LogP contribution < -0.4 is 0 Å². The molecule has 0 aliphatic heterocycles. The molecule has 0 amide bonds. The standard InChI is InChI=1S/C20H31NS2/c1-2-3-4-5-6-7-8-9-10-13-16-22-23-20-17-18-14-11-12-15-19(18)21-20/h11-12,14-15,17,21H,2-10,13,16H2,1H3. The molecule has 0 saturated heterocycles. The molecule has 1 heterocycles. The maximum absolute atomic E-state index is 3.48. The van der Waals surface area contributed by atoms with Crippen LogP contribution in [0.3, 0.4) is 0 Å². The second kappa shape index (κ2) is 11.9. The molecular weight excluding hydrogens is 318 g/mol. The molecule has 128 valence electrons. The van der Waals surface area contributed by atoms with Crippen LogP contribution in [-0.2, 0) is 0 Å². The van der Waals surface area contributed by atoms with Gasteiger partial charge in [0.05, 0.1) is 5.03 Å². The first-order valence-electron chi connectivity index (χ1n) is 9.27. The van der Waals surface area contributed by atoms with Gasteiger partial charge in [-0.25, -0.2) is 0 Å². The highest BCUT2D eigenvalue weighted by Crippen LogP contribution is 2.33. The van der Waals surface area contributed by atoms with Crippen molar-refractivity contribution in [2.45, 2.75) is 76.2 Å². The Morgan fingerprint density at radius 1 is 0.826 bits per heavy atom. The summed E-state index contributed by atoms with van der Waals surface area (Å²) in [6.07, 6.45) is 14.2. The molecule has 2 rings (SSSR count). The molecule has 1 N–H and O–H groups in total. The maximum atomic E-state index is 3.48. The van der Waals surface area contributed by atoms with E-state index in [1.807, 2.05) is 21.6 Å². The van der Waals surface area contributed by atoms with Crippen LogP contribution in [-0.4, -0.2) is 10.7 Å². The number of aromatic nitrogens is 1. The molecule has 0 saturated carbocycles. The summed E-state index contributed by atoms with van der Waals surface area (Å²) in [5, 5.41) is 2.60. The highest BCUT2D eigenvalue weighted by Gasteiger charge is 2.01. The quantitative estimate of drug-likeness (QED) is 0.293. The second-order valence-electron chi connectivity index (χ2n) is 6.31. The molecule has 23 heavy (non-hydrogen) atoms. The molecule has 1 aromatic heterocycles. The summed E-state index contributed by atoms with van der Waals surface area (Å²) in [5.74, 6) is 1.26. The lowest BCUT2D eigenvalue weighted by molar-refractivity contribution is 0.563. The number of H-pyrrole nitrogens is 1. The van der Waals surface area contributed by atoms with E-state index in [0.29, 0.717) is 0 Å². The van der Waals surface area contributed by atoms with Crippen molar-refractivity contribution in [3.8, 4) is 0 Å². The Labute approximate surface area is 149 Å². The van der Waals surface area contributed by atoms with Gasteiger partial charge in [-0.3, -0.25) is 0 Å². The Hall–Kier alpha value is -0.540. The van der Waals surface area contributed by atoms with Crippen molar-refractivity contribution in [1.29, 1.82) is 0 Å². The van der Waals surface area contributed by atoms with E-state index < -0.39 is 0 Å². The summed E-state index contributed by atoms with van der Waals surface area (Å²) >= 11 is 0. The van der Waals surface area contributed by atoms with Crippen LogP contribution >= 0.6 is 21.6 Å². The van der Waals surface area contributed by atoms with Gasteiger partial charge in [0.15, 0.2) is 0 Å². The summed E-state index contributed by atoms with van der Waals surface area (Å²) in [5.41, 5.74) is 1.24. The fourth-order valence-electron chi connectivity index (χ4n) is 2.85. The van der Waals surface area contributed by atoms with E-state index in [4.69, 9.17) is 0 Å². The predicted octanol–water partition coefficient (Wildman–Crippen LogP) is 7.83. The van der Waals surface area contributed by atoms with Crippen LogP contribution in [0.1, 0.15) is 71.1 Å². The summed E-state index contributed by atoms with van der Waals surface area (Å²) < 4.78 is 0. The van der Waals surface area contributed by atoms with Crippen molar-refractivity contribution in [2.75, 3.05) is 5.75 Å². The Bertz CT molecular complexity index is 502. The van der Waals surface area contributed by atoms with Gasteiger partial charge in [-0.2, -0.15) is 0 Å². The number of unbranched alkanes of at least 4 members (excludes halogenated alkanes) is 9. The van der Waals surface area contributed by atoms with Crippen LogP contribution in [0, 0.1) is 0 Å². The fraction of sp³-hybridized carbons (Fsp3) is 0.600. The number of hydrogen-bond donors (Lipinski definition) is 1. The molecular formula is C20H31NS2. The second-order valence-corrected chi connectivity index (χ2v) is 8.77. The number of benzene rings is 1. The van der Waals surface area contributed by atoms with Crippen LogP contribution in [0.2, 0.25) is 0 Å². The number of para-hydroxylation sites is 1. The lowest BCUT2D eigenvalue weighted by atomic mass is 10.1. The Morgan fingerprint density at radius 2 is 1.48 bits per heavy atom. The zero-order valence-corrected chi connectivity index (χ0v) is 16.1. The van der Waals surface area contributed by atoms with Crippen molar-refractivity contribution in [1.82, 2.24) is 4.98 Å². The molecule has 0 radical (unpaired) electrons. The van der Waals surface area contributed by atoms with Crippen molar-refractivity contribution in [3.63, 3.8) is 0 Å². The van der Waals surface area contributed by atoms with E-state index in [0.717, 1.165) is 0 Å². The summed E-state index contributed by atoms with van der Waals surface area (Å²) in [6, 6.07) is 10.8. The molecule has 1 nitrogen and oxygen atoms in total. The largest absolute Gasteiger partial charge is 0.349 e. The Kier molecular flexibility index (Phi) is 9.73. The average molecular weight is 350 g/mol. The van der Waals surface area contributed by atoms with Crippen molar-refractivity contribution >= 4 is 32.5 Å². The van der Waals surface area contributed by atoms with Gasteiger partial charge in [0, 0.05) is 16.7 Å². The van der Waals surface area contributed by atoms with E-state index >= 15 is 0 Å². The first-order chi connectivity index (χ1) is 11.4. The van der Waals surface area contributed by atoms with Gasteiger partial charge in [-0.15, -0.1) is 0 Å². The zero-order chi connectivity index (χ0) is 16.2. The van der Waals surface area contributed by atoms with Crippen LogP contribution in [0.25, 0.3) is 10.9 Å². The molecule has 1 aromatic carbocycles. The summed E-state index contributed by atoms with van der Waals surface area (Å²) in [6.45, 7) is 2.29. The summed E-state index contributed by atoms with van der Waals surface area (Å²) in [4.78, 5) is 3.48. The molecule has 0 atom stereocenters. The van der Waals surface area contributed by atoms with E-state index in [-0.39, 0.29) is 0 Å². The van der Waals surface area contributed by atoms with Crippen molar-refractivity contribution in [2.24, 2.45) is 0 Å². The van der Waals surface area contributed by atoms with Gasteiger partial charge in [-0.1, -0.05) is 93.7 Å². The minimum Gasteiger partial charge on any atom is -0.349 e. The minimum absolute atomic E-state index is 1.24. The van der Waals surface area contributed by atoms with Crippen LogP contribution in [0.4, 0.5) is 0 Å². The number of fused-ring (bicyclic) bond motifs is 1. The first kappa shape index (κ1) is 18.8. The molecule has 0 fully saturated rings. The Morgan fingerprint density at radius 3 is 2.17 bits per heavy atom. The normalized spacial score (nSPS) is 11.3. The molecule has 3 heteroatoms. The number of nitrogens with one attached hydrogen (secondary N) is 1. The van der Waals surface area contributed by atoms with E-state index in [1.54, 1.807) is 0 Å². The zero-order valence-electron chi connectivity index (χ0n) is 14.5. The monoisotopic (exact) mass is 349 g/mol. The lowest BCUT2D eigenvalue weighted by Gasteiger charge is -2.02. The van der Waals surface area contributed by atoms with E-state index in [9.17, 15) is 0 Å². The number of aromatic amines is 1. The molecule has 0 aliphatic rings. The summed E-state index contributed by atoms with van der Waals surface area (Å²) in [7, 11) is 3.87. The van der Waals surface area contributed by atoms with Gasteiger partial charge in [-0.05, 0) is 29.3 Å². The third kappa shape index (κ3) is 7.71. The molecule has 0 bridgehead atoms. The average Bonchev–Trinajstić information content (AvgIpc) is 2.98. The van der Waals surface area contributed by atoms with E-state index in [1.165, 1.54) is 85.9 Å². The lowest BCUT2D eigenvalue weighted by Crippen LogP contribution is -1.83. The Balaban J connectivity index is 1.42. The van der Waals surface area contributed by atoms with Gasteiger partial charge >= 0.3 is 0 Å². The van der Waals surface area contributed by atoms with Gasteiger partial charge < -0.3 is 4.98 Å². The minimum atomic E-state index is 1.24. The molecule has 0 unspecified atom stereocenters. The van der Waals surface area contributed by atoms with Gasteiger partial charge in [0.1, 0.15) is 0 Å². The third-order valence-corrected chi connectivity index (χ3v) is 6.60. The van der Waals surface area contributed by atoms with Crippen LogP contribution in [0.15, 0.2) is 35.4 Å². The third-order valence-electron chi connectivity index (χ3n) is 4.24. The SMILES string of the molecule is CCCCCCCCCCCCSSc1cc2ccccc2[nH]1. The number of rotatable bonds is 13. The topological polar surface area (TPSA) is 15.8 Å². The van der Waals surface area contributed by atoms with Gasteiger partial charge in [0.25, 0.3) is 0 Å². The fourth-order valence-corrected chi connectivity index (χ4v) is 4.96. The highest BCUT2D eigenvalue weighted by molar-refractivity contribution is 8.76. The van der Waals surface area contributed by atoms with Crippen LogP contribution in [0.5, 0.6) is 0 Å². The first-order valence-corrected chi connectivity index (χ1v) is 11.6. The van der Waals surface area contributed by atoms with Crippen molar-refractivity contribution in [3.05, 3.63) is 30.3 Å². The van der Waals surface area contributed by atoms with E-state index in [2.05, 4.69) is 42.2 Å². The predicted molar refractivity (Wildman–Crippen MR) is 108 cm³/mol.